The number of nitrogens with zero attached hydrogens (tertiary/aromatic N) is 3. The van der Waals surface area contributed by atoms with Crippen molar-refractivity contribution < 1.29 is 4.79 Å². The van der Waals surface area contributed by atoms with Gasteiger partial charge in [0, 0.05) is 37.4 Å². The number of hydrogen-bond donors (Lipinski definition) is 1. The van der Waals surface area contributed by atoms with E-state index in [0.29, 0.717) is 11.8 Å². The highest BCUT2D eigenvalue weighted by Crippen LogP contribution is 2.36. The molecule has 0 aromatic carbocycles. The Morgan fingerprint density at radius 1 is 1.38 bits per heavy atom. The quantitative estimate of drug-likeness (QED) is 0.915. The maximum atomic E-state index is 12.4. The van der Waals surface area contributed by atoms with E-state index < -0.39 is 0 Å². The molecule has 2 aromatic heterocycles. The number of likely N-dealkylation sites (tertiary alicyclic amines) is 1. The van der Waals surface area contributed by atoms with Gasteiger partial charge in [0.05, 0.1) is 12.1 Å². The molecule has 2 aliphatic rings. The summed E-state index contributed by atoms with van der Waals surface area (Å²) in [5.41, 5.74) is 1.35. The van der Waals surface area contributed by atoms with Crippen LogP contribution in [0.4, 0.5) is 0 Å². The first-order valence-corrected chi connectivity index (χ1v) is 8.52. The highest BCUT2D eigenvalue weighted by atomic mass is 32.1. The lowest BCUT2D eigenvalue weighted by Gasteiger charge is -2.38. The van der Waals surface area contributed by atoms with Gasteiger partial charge in [0.1, 0.15) is 0 Å². The lowest BCUT2D eigenvalue weighted by molar-refractivity contribution is -0.132. The molecule has 4 rings (SSSR count). The Bertz CT molecular complexity index is 617. The number of piperidine rings is 1. The number of carbonyl (C=O) groups is 1. The second-order valence-electron chi connectivity index (χ2n) is 6.31. The minimum absolute atomic E-state index is 0.224. The summed E-state index contributed by atoms with van der Waals surface area (Å²) in [6.45, 7) is 4.08. The van der Waals surface area contributed by atoms with Crippen molar-refractivity contribution in [3.05, 3.63) is 23.5 Å². The van der Waals surface area contributed by atoms with E-state index in [9.17, 15) is 4.79 Å². The molecule has 21 heavy (non-hydrogen) atoms. The van der Waals surface area contributed by atoms with Gasteiger partial charge in [-0.15, -0.1) is 11.3 Å². The second-order valence-corrected chi connectivity index (χ2v) is 7.18. The molecular formula is C15H20N4OS. The molecule has 6 heteroatoms. The molecule has 0 unspecified atom stereocenters. The van der Waals surface area contributed by atoms with Gasteiger partial charge in [-0.2, -0.15) is 0 Å². The zero-order valence-corrected chi connectivity index (χ0v) is 12.9. The molecule has 2 aliphatic heterocycles. The van der Waals surface area contributed by atoms with Crippen LogP contribution in [0.3, 0.4) is 0 Å². The smallest absolute Gasteiger partial charge is 0.228 e. The standard InChI is InChI=1S/C15H20N4OS/c20-13(9-12-10-19-7-8-21-14(19)17-12)18-5-2-15(3-6-18)1-4-16-11-15/h7-8,10,16H,1-6,9,11H2. The van der Waals surface area contributed by atoms with Gasteiger partial charge in [-0.1, -0.05) is 0 Å². The molecule has 0 aliphatic carbocycles. The largest absolute Gasteiger partial charge is 0.342 e. The number of hydrogen-bond acceptors (Lipinski definition) is 4. The number of fused-ring (bicyclic) bond motifs is 1. The predicted molar refractivity (Wildman–Crippen MR) is 82.5 cm³/mol. The number of carbonyl (C=O) groups excluding carboxylic acids is 1. The minimum atomic E-state index is 0.224. The molecule has 1 amide bonds. The van der Waals surface area contributed by atoms with Crippen LogP contribution in [0.1, 0.15) is 25.0 Å². The lowest BCUT2D eigenvalue weighted by Crippen LogP contribution is -2.44. The Labute approximate surface area is 128 Å². The first-order chi connectivity index (χ1) is 10.2. The number of nitrogens with one attached hydrogen (secondary N) is 1. The van der Waals surface area contributed by atoms with Gasteiger partial charge in [0.15, 0.2) is 4.96 Å². The van der Waals surface area contributed by atoms with Crippen LogP contribution < -0.4 is 5.32 Å². The Kier molecular flexibility index (Phi) is 3.23. The molecule has 2 aromatic rings. The van der Waals surface area contributed by atoms with Crippen molar-refractivity contribution in [3.63, 3.8) is 0 Å². The van der Waals surface area contributed by atoms with Crippen LogP contribution in [0, 0.1) is 5.41 Å². The molecule has 0 saturated carbocycles. The normalized spacial score (nSPS) is 21.4. The van der Waals surface area contributed by atoms with Gasteiger partial charge >= 0.3 is 0 Å². The fraction of sp³-hybridized carbons (Fsp3) is 0.600. The first-order valence-electron chi connectivity index (χ1n) is 7.64. The topological polar surface area (TPSA) is 49.6 Å². The maximum Gasteiger partial charge on any atom is 0.228 e. The van der Waals surface area contributed by atoms with E-state index in [1.807, 2.05) is 27.1 Å². The Balaban J connectivity index is 1.38. The summed E-state index contributed by atoms with van der Waals surface area (Å²) >= 11 is 1.60. The Morgan fingerprint density at radius 2 is 2.24 bits per heavy atom. The Hall–Kier alpha value is -1.40. The summed E-state index contributed by atoms with van der Waals surface area (Å²) in [5.74, 6) is 0.224. The van der Waals surface area contributed by atoms with Crippen molar-refractivity contribution in [2.45, 2.75) is 25.7 Å². The van der Waals surface area contributed by atoms with Crippen LogP contribution in [0.5, 0.6) is 0 Å². The number of amides is 1. The molecule has 2 saturated heterocycles. The van der Waals surface area contributed by atoms with Crippen molar-refractivity contribution in [1.29, 1.82) is 0 Å². The molecule has 1 spiro atoms. The molecule has 2 fully saturated rings. The monoisotopic (exact) mass is 304 g/mol. The van der Waals surface area contributed by atoms with Gasteiger partial charge in [-0.05, 0) is 31.2 Å². The van der Waals surface area contributed by atoms with Crippen molar-refractivity contribution in [2.24, 2.45) is 5.41 Å². The average molecular weight is 304 g/mol. The molecular weight excluding hydrogens is 284 g/mol. The van der Waals surface area contributed by atoms with Crippen LogP contribution in [-0.4, -0.2) is 46.4 Å². The van der Waals surface area contributed by atoms with E-state index in [-0.39, 0.29) is 5.91 Å². The fourth-order valence-corrected chi connectivity index (χ4v) is 4.30. The molecule has 4 heterocycles. The zero-order chi connectivity index (χ0) is 14.3. The lowest BCUT2D eigenvalue weighted by atomic mass is 9.78. The summed E-state index contributed by atoms with van der Waals surface area (Å²) in [6, 6.07) is 0. The van der Waals surface area contributed by atoms with E-state index in [2.05, 4.69) is 10.3 Å². The van der Waals surface area contributed by atoms with Crippen molar-refractivity contribution in [3.8, 4) is 0 Å². The summed E-state index contributed by atoms with van der Waals surface area (Å²) in [4.78, 5) is 19.9. The molecule has 0 radical (unpaired) electrons. The summed E-state index contributed by atoms with van der Waals surface area (Å²) in [5, 5.41) is 5.47. The summed E-state index contributed by atoms with van der Waals surface area (Å²) in [6.07, 6.45) is 7.94. The second kappa shape index (κ2) is 5.10. The highest BCUT2D eigenvalue weighted by Gasteiger charge is 2.37. The van der Waals surface area contributed by atoms with Crippen LogP contribution in [-0.2, 0) is 11.2 Å². The van der Waals surface area contributed by atoms with Gasteiger partial charge in [-0.25, -0.2) is 4.98 Å². The third-order valence-electron chi connectivity index (χ3n) is 4.98. The van der Waals surface area contributed by atoms with Crippen LogP contribution in [0.2, 0.25) is 0 Å². The zero-order valence-electron chi connectivity index (χ0n) is 12.0. The number of aromatic nitrogens is 2. The van der Waals surface area contributed by atoms with Gasteiger partial charge in [0.2, 0.25) is 5.91 Å². The van der Waals surface area contributed by atoms with Crippen LogP contribution in [0.15, 0.2) is 17.8 Å². The van der Waals surface area contributed by atoms with E-state index >= 15 is 0 Å². The van der Waals surface area contributed by atoms with Crippen molar-refractivity contribution in [1.82, 2.24) is 19.6 Å². The predicted octanol–water partition coefficient (Wildman–Crippen LogP) is 1.54. The summed E-state index contributed by atoms with van der Waals surface area (Å²) < 4.78 is 1.99. The van der Waals surface area contributed by atoms with Crippen molar-refractivity contribution in [2.75, 3.05) is 26.2 Å². The van der Waals surface area contributed by atoms with E-state index in [1.165, 1.54) is 6.42 Å². The van der Waals surface area contributed by atoms with Crippen LogP contribution in [0.25, 0.3) is 4.96 Å². The van der Waals surface area contributed by atoms with E-state index in [1.54, 1.807) is 11.3 Å². The first kappa shape index (κ1) is 13.3. The molecule has 0 bridgehead atoms. The molecule has 5 nitrogen and oxygen atoms in total. The third kappa shape index (κ3) is 2.46. The Morgan fingerprint density at radius 3 is 2.95 bits per heavy atom. The third-order valence-corrected chi connectivity index (χ3v) is 5.76. The van der Waals surface area contributed by atoms with E-state index in [4.69, 9.17) is 0 Å². The number of rotatable bonds is 2. The fourth-order valence-electron chi connectivity index (χ4n) is 3.58. The number of imidazole rings is 1. The van der Waals surface area contributed by atoms with Crippen molar-refractivity contribution >= 4 is 22.2 Å². The SMILES string of the molecule is O=C(Cc1cn2ccsc2n1)N1CCC2(CCNC2)CC1. The molecule has 1 N–H and O–H groups in total. The summed E-state index contributed by atoms with van der Waals surface area (Å²) in [7, 11) is 0. The molecule has 0 atom stereocenters. The molecule has 112 valence electrons. The minimum Gasteiger partial charge on any atom is -0.342 e. The van der Waals surface area contributed by atoms with Gasteiger partial charge in [-0.3, -0.25) is 9.20 Å². The van der Waals surface area contributed by atoms with Gasteiger partial charge < -0.3 is 10.2 Å². The van der Waals surface area contributed by atoms with Gasteiger partial charge in [0.25, 0.3) is 0 Å². The van der Waals surface area contributed by atoms with E-state index in [0.717, 1.165) is 49.7 Å². The maximum absolute atomic E-state index is 12.4. The average Bonchev–Trinajstić information content (AvgIpc) is 3.16. The number of thiazole rings is 1. The highest BCUT2D eigenvalue weighted by molar-refractivity contribution is 7.15. The van der Waals surface area contributed by atoms with Crippen LogP contribution >= 0.6 is 11.3 Å².